The van der Waals surface area contributed by atoms with E-state index in [1.807, 2.05) is 47.8 Å². The minimum atomic E-state index is -0.0871. The number of nitrogens with zero attached hydrogens (tertiary/aromatic N) is 3. The van der Waals surface area contributed by atoms with Gasteiger partial charge in [0, 0.05) is 9.90 Å². The van der Waals surface area contributed by atoms with Crippen molar-refractivity contribution in [3.05, 3.63) is 81.5 Å². The Morgan fingerprint density at radius 1 is 1.14 bits per heavy atom. The Balaban J connectivity index is 1.48. The van der Waals surface area contributed by atoms with Crippen molar-refractivity contribution < 1.29 is 4.42 Å². The van der Waals surface area contributed by atoms with E-state index in [1.54, 1.807) is 28.5 Å². The molecule has 8 heteroatoms. The SMILES string of the molecule is O=c1c2sc(-c3ccc(Cl)cc3)cc2ncn1Cc1coc(-c2cccs2)n1. The van der Waals surface area contributed by atoms with Gasteiger partial charge in [-0.05, 0) is 35.2 Å². The maximum atomic E-state index is 12.9. The lowest BCUT2D eigenvalue weighted by molar-refractivity contribution is 0.572. The molecule has 0 atom stereocenters. The van der Waals surface area contributed by atoms with Gasteiger partial charge in [0.15, 0.2) is 0 Å². The Bertz CT molecular complexity index is 1320. The number of hydrogen-bond donors (Lipinski definition) is 0. The Morgan fingerprint density at radius 3 is 2.79 bits per heavy atom. The Kier molecular flexibility index (Phi) is 4.35. The average Bonchev–Trinajstić information content (AvgIpc) is 3.45. The zero-order chi connectivity index (χ0) is 19.1. The van der Waals surface area contributed by atoms with E-state index in [2.05, 4.69) is 9.97 Å². The molecule has 5 nitrogen and oxygen atoms in total. The standard InChI is InChI=1S/C20H12ClN3O2S2/c21-13-5-3-12(4-6-13)17-8-15-18(28-17)20(25)24(11-22-15)9-14-10-26-19(23-14)16-2-1-7-27-16/h1-8,10-11H,9H2. The fourth-order valence-electron chi connectivity index (χ4n) is 2.88. The van der Waals surface area contributed by atoms with Crippen molar-refractivity contribution in [3.8, 4) is 21.2 Å². The van der Waals surface area contributed by atoms with Crippen molar-refractivity contribution in [2.75, 3.05) is 0 Å². The molecular weight excluding hydrogens is 414 g/mol. The molecule has 4 aromatic heterocycles. The second-order valence-electron chi connectivity index (χ2n) is 6.13. The van der Waals surface area contributed by atoms with Crippen LogP contribution in [0.4, 0.5) is 0 Å². The molecule has 0 spiro atoms. The Hall–Kier alpha value is -2.74. The normalized spacial score (nSPS) is 11.3. The highest BCUT2D eigenvalue weighted by molar-refractivity contribution is 7.22. The minimum absolute atomic E-state index is 0.0871. The quantitative estimate of drug-likeness (QED) is 0.379. The zero-order valence-electron chi connectivity index (χ0n) is 14.3. The van der Waals surface area contributed by atoms with E-state index >= 15 is 0 Å². The fraction of sp³-hybridized carbons (Fsp3) is 0.0500. The molecule has 0 saturated carbocycles. The van der Waals surface area contributed by atoms with Crippen LogP contribution in [-0.2, 0) is 6.54 Å². The van der Waals surface area contributed by atoms with Crippen molar-refractivity contribution in [2.24, 2.45) is 0 Å². The third-order valence-corrected chi connectivity index (χ3v) is 6.52. The third kappa shape index (κ3) is 3.17. The summed E-state index contributed by atoms with van der Waals surface area (Å²) in [5, 5.41) is 2.65. The van der Waals surface area contributed by atoms with Crippen LogP contribution in [0.15, 0.2) is 69.6 Å². The summed E-state index contributed by atoms with van der Waals surface area (Å²) in [5.74, 6) is 0.563. The van der Waals surface area contributed by atoms with Crippen molar-refractivity contribution in [3.63, 3.8) is 0 Å². The smallest absolute Gasteiger partial charge is 0.271 e. The number of aromatic nitrogens is 3. The van der Waals surface area contributed by atoms with Gasteiger partial charge in [0.05, 0.1) is 29.0 Å². The van der Waals surface area contributed by atoms with Crippen LogP contribution in [0.2, 0.25) is 5.02 Å². The van der Waals surface area contributed by atoms with Gasteiger partial charge in [0.2, 0.25) is 5.89 Å². The van der Waals surface area contributed by atoms with Crippen molar-refractivity contribution >= 4 is 44.5 Å². The van der Waals surface area contributed by atoms with E-state index in [4.69, 9.17) is 16.0 Å². The van der Waals surface area contributed by atoms with Crippen molar-refractivity contribution in [1.82, 2.24) is 14.5 Å². The van der Waals surface area contributed by atoms with Crippen LogP contribution in [0.25, 0.3) is 31.4 Å². The van der Waals surface area contributed by atoms with Crippen LogP contribution in [0.5, 0.6) is 0 Å². The molecule has 0 bridgehead atoms. The number of fused-ring (bicyclic) bond motifs is 1. The zero-order valence-corrected chi connectivity index (χ0v) is 16.7. The van der Waals surface area contributed by atoms with Gasteiger partial charge in [0.1, 0.15) is 11.0 Å². The second kappa shape index (κ2) is 7.01. The maximum Gasteiger partial charge on any atom is 0.271 e. The van der Waals surface area contributed by atoms with Crippen LogP contribution in [-0.4, -0.2) is 14.5 Å². The molecule has 28 heavy (non-hydrogen) atoms. The van der Waals surface area contributed by atoms with E-state index in [-0.39, 0.29) is 5.56 Å². The molecule has 0 amide bonds. The molecule has 0 aliphatic rings. The van der Waals surface area contributed by atoms with Crippen LogP contribution >= 0.6 is 34.3 Å². The molecule has 0 N–H and O–H groups in total. The van der Waals surface area contributed by atoms with Gasteiger partial charge < -0.3 is 4.42 Å². The highest BCUT2D eigenvalue weighted by atomic mass is 35.5. The average molecular weight is 426 g/mol. The Morgan fingerprint density at radius 2 is 2.00 bits per heavy atom. The van der Waals surface area contributed by atoms with Crippen LogP contribution in [0.3, 0.4) is 0 Å². The highest BCUT2D eigenvalue weighted by Gasteiger charge is 2.13. The minimum Gasteiger partial charge on any atom is -0.443 e. The summed E-state index contributed by atoms with van der Waals surface area (Å²) in [6.07, 6.45) is 3.14. The molecule has 0 aliphatic heterocycles. The monoisotopic (exact) mass is 425 g/mol. The summed E-state index contributed by atoms with van der Waals surface area (Å²) in [5.41, 5.74) is 2.29. The number of thiophene rings is 2. The number of oxazole rings is 1. The van der Waals surface area contributed by atoms with Crippen molar-refractivity contribution in [1.29, 1.82) is 0 Å². The summed E-state index contributed by atoms with van der Waals surface area (Å²) in [6.45, 7) is 0.310. The summed E-state index contributed by atoms with van der Waals surface area (Å²) >= 11 is 8.95. The molecular formula is C20H12ClN3O2S2. The lowest BCUT2D eigenvalue weighted by atomic mass is 10.2. The third-order valence-electron chi connectivity index (χ3n) is 4.25. The highest BCUT2D eigenvalue weighted by Crippen LogP contribution is 2.31. The summed E-state index contributed by atoms with van der Waals surface area (Å²) in [6, 6.07) is 13.4. The summed E-state index contributed by atoms with van der Waals surface area (Å²) in [7, 11) is 0. The maximum absolute atomic E-state index is 12.9. The fourth-order valence-corrected chi connectivity index (χ4v) is 4.73. The van der Waals surface area contributed by atoms with E-state index in [9.17, 15) is 4.79 Å². The molecule has 5 rings (SSSR count). The lowest BCUT2D eigenvalue weighted by Gasteiger charge is -2.01. The number of rotatable bonds is 4. The number of benzene rings is 1. The first-order valence-electron chi connectivity index (χ1n) is 8.40. The molecule has 0 radical (unpaired) electrons. The largest absolute Gasteiger partial charge is 0.443 e. The van der Waals surface area contributed by atoms with Crippen LogP contribution < -0.4 is 5.56 Å². The summed E-state index contributed by atoms with van der Waals surface area (Å²) < 4.78 is 7.71. The van der Waals surface area contributed by atoms with Gasteiger partial charge >= 0.3 is 0 Å². The molecule has 0 fully saturated rings. The van der Waals surface area contributed by atoms with E-state index in [0.717, 1.165) is 15.3 Å². The molecule has 0 aliphatic carbocycles. The predicted octanol–water partition coefficient (Wildman–Crippen LogP) is 5.54. The second-order valence-corrected chi connectivity index (χ2v) is 8.57. The first-order valence-corrected chi connectivity index (χ1v) is 10.5. The van der Waals surface area contributed by atoms with E-state index in [1.165, 1.54) is 11.3 Å². The number of hydrogen-bond acceptors (Lipinski definition) is 6. The van der Waals surface area contributed by atoms with Gasteiger partial charge in [-0.3, -0.25) is 9.36 Å². The topological polar surface area (TPSA) is 60.9 Å². The lowest BCUT2D eigenvalue weighted by Crippen LogP contribution is -2.20. The van der Waals surface area contributed by atoms with Crippen molar-refractivity contribution in [2.45, 2.75) is 6.54 Å². The number of halogens is 1. The Labute approximate surface area is 172 Å². The molecule has 0 saturated heterocycles. The molecule has 138 valence electrons. The van der Waals surface area contributed by atoms with Crippen LogP contribution in [0, 0.1) is 0 Å². The first kappa shape index (κ1) is 17.4. The van der Waals surface area contributed by atoms with Crippen LogP contribution in [0.1, 0.15) is 5.69 Å². The van der Waals surface area contributed by atoms with Gasteiger partial charge in [-0.1, -0.05) is 29.8 Å². The van der Waals surface area contributed by atoms with Gasteiger partial charge in [-0.15, -0.1) is 22.7 Å². The summed E-state index contributed by atoms with van der Waals surface area (Å²) in [4.78, 5) is 23.8. The molecule has 4 heterocycles. The van der Waals surface area contributed by atoms with E-state index < -0.39 is 0 Å². The first-order chi connectivity index (χ1) is 13.7. The van der Waals surface area contributed by atoms with Gasteiger partial charge in [0.25, 0.3) is 5.56 Å². The molecule has 1 aromatic carbocycles. The predicted molar refractivity (Wildman–Crippen MR) is 113 cm³/mol. The molecule has 5 aromatic rings. The van der Waals surface area contributed by atoms with Gasteiger partial charge in [-0.25, -0.2) is 9.97 Å². The van der Waals surface area contributed by atoms with E-state index in [0.29, 0.717) is 33.4 Å². The molecule has 0 unspecified atom stereocenters. The van der Waals surface area contributed by atoms with Gasteiger partial charge in [-0.2, -0.15) is 0 Å².